The highest BCUT2D eigenvalue weighted by atomic mass is 19.1. The number of aromatic nitrogens is 3. The van der Waals surface area contributed by atoms with Crippen LogP contribution in [-0.2, 0) is 9.53 Å². The standard InChI is InChI=1S/C35H50FN7O5/c1-21-19-41(20-22(2)43(21)33(46)48-34(3,4)5)25-9-7-24(8-10-25)38-31(44)23-11-14-42(35(17-23)12-13-35)32(45)29-16-28(39-40-29)26-15-30(47-6)37-18-27(26)36/h15-16,18,21-25H,7-14,17,19-20H2,1-6H3,(H,38,44)(H,39,40)/t21-,22+,23-,24?,25?/m0/s1. The molecule has 6 rings (SSSR count). The van der Waals surface area contributed by atoms with Crippen LogP contribution < -0.4 is 10.1 Å². The Labute approximate surface area is 282 Å². The molecule has 12 nitrogen and oxygen atoms in total. The van der Waals surface area contributed by atoms with Crippen LogP contribution in [0.3, 0.4) is 0 Å². The summed E-state index contributed by atoms with van der Waals surface area (Å²) in [6.45, 7) is 12.0. The van der Waals surface area contributed by atoms with Crippen LogP contribution >= 0.6 is 0 Å². The van der Waals surface area contributed by atoms with Crippen LogP contribution in [0.15, 0.2) is 18.3 Å². The molecule has 2 N–H and O–H groups in total. The van der Waals surface area contributed by atoms with Crippen molar-refractivity contribution in [2.45, 2.75) is 121 Å². The summed E-state index contributed by atoms with van der Waals surface area (Å²) in [6.07, 6.45) is 7.67. The van der Waals surface area contributed by atoms with E-state index >= 15 is 0 Å². The Hall–Kier alpha value is -3.74. The average Bonchev–Trinajstić information content (AvgIpc) is 3.60. The van der Waals surface area contributed by atoms with Crippen molar-refractivity contribution in [2.75, 3.05) is 26.7 Å². The number of amides is 3. The van der Waals surface area contributed by atoms with Crippen LogP contribution in [0.5, 0.6) is 5.88 Å². The molecule has 2 aliphatic carbocycles. The molecule has 4 fully saturated rings. The van der Waals surface area contributed by atoms with Crippen molar-refractivity contribution in [2.24, 2.45) is 5.92 Å². The molecule has 2 aromatic rings. The highest BCUT2D eigenvalue weighted by Gasteiger charge is 2.55. The second-order valence-corrected chi connectivity index (χ2v) is 15.3. The number of hydrogen-bond donors (Lipinski definition) is 2. The van der Waals surface area contributed by atoms with Gasteiger partial charge in [-0.05, 0) is 92.1 Å². The molecule has 2 saturated heterocycles. The molecule has 13 heteroatoms. The minimum Gasteiger partial charge on any atom is -0.481 e. The first kappa shape index (κ1) is 34.1. The molecule has 2 aromatic heterocycles. The van der Waals surface area contributed by atoms with Gasteiger partial charge in [-0.3, -0.25) is 19.6 Å². The summed E-state index contributed by atoms with van der Waals surface area (Å²) >= 11 is 0. The van der Waals surface area contributed by atoms with Gasteiger partial charge in [-0.15, -0.1) is 0 Å². The number of piperazine rings is 1. The summed E-state index contributed by atoms with van der Waals surface area (Å²) in [6, 6.07) is 3.75. The fourth-order valence-corrected chi connectivity index (χ4v) is 8.04. The molecular formula is C35H50FN7O5. The van der Waals surface area contributed by atoms with E-state index in [-0.39, 0.29) is 64.6 Å². The zero-order valence-electron chi connectivity index (χ0n) is 29.1. The van der Waals surface area contributed by atoms with E-state index in [1.807, 2.05) is 30.6 Å². The topological polar surface area (TPSA) is 133 Å². The van der Waals surface area contributed by atoms with Crippen molar-refractivity contribution in [1.82, 2.24) is 35.2 Å². The van der Waals surface area contributed by atoms with Gasteiger partial charge < -0.3 is 24.6 Å². The number of nitrogens with one attached hydrogen (secondary N) is 2. The third-order valence-electron chi connectivity index (χ3n) is 10.6. The molecule has 2 aliphatic heterocycles. The van der Waals surface area contributed by atoms with Gasteiger partial charge in [0, 0.05) is 66.9 Å². The molecule has 0 aromatic carbocycles. The van der Waals surface area contributed by atoms with Gasteiger partial charge in [-0.25, -0.2) is 14.2 Å². The average molecular weight is 668 g/mol. The molecular weight excluding hydrogens is 617 g/mol. The predicted molar refractivity (Wildman–Crippen MR) is 177 cm³/mol. The summed E-state index contributed by atoms with van der Waals surface area (Å²) in [4.78, 5) is 50.1. The Bertz CT molecular complexity index is 1500. The number of ether oxygens (including phenoxy) is 2. The smallest absolute Gasteiger partial charge is 0.410 e. The van der Waals surface area contributed by atoms with Crippen molar-refractivity contribution >= 4 is 17.9 Å². The quantitative estimate of drug-likeness (QED) is 0.451. The predicted octanol–water partition coefficient (Wildman–Crippen LogP) is 4.76. The number of piperidine rings is 1. The van der Waals surface area contributed by atoms with Crippen molar-refractivity contribution in [3.05, 3.63) is 29.8 Å². The third-order valence-corrected chi connectivity index (χ3v) is 10.6. The van der Waals surface area contributed by atoms with Gasteiger partial charge in [-0.2, -0.15) is 5.10 Å². The second-order valence-electron chi connectivity index (χ2n) is 15.3. The minimum absolute atomic E-state index is 0.0668. The number of nitrogens with zero attached hydrogens (tertiary/aromatic N) is 5. The van der Waals surface area contributed by atoms with Gasteiger partial charge in [0.15, 0.2) is 11.5 Å². The molecule has 0 bridgehead atoms. The van der Waals surface area contributed by atoms with Crippen LogP contribution in [0.2, 0.25) is 0 Å². The Morgan fingerprint density at radius 3 is 2.35 bits per heavy atom. The highest BCUT2D eigenvalue weighted by molar-refractivity contribution is 5.94. The van der Waals surface area contributed by atoms with E-state index < -0.39 is 11.4 Å². The molecule has 3 atom stereocenters. The molecule has 2 saturated carbocycles. The number of carbonyl (C=O) groups excluding carboxylic acids is 3. The summed E-state index contributed by atoms with van der Waals surface area (Å²) in [5.41, 5.74) is -0.0230. The number of pyridine rings is 1. The first-order valence-corrected chi connectivity index (χ1v) is 17.4. The molecule has 4 aliphatic rings. The van der Waals surface area contributed by atoms with E-state index in [2.05, 4.69) is 39.2 Å². The van der Waals surface area contributed by atoms with Crippen LogP contribution in [0.1, 0.15) is 96.5 Å². The third kappa shape index (κ3) is 7.16. The zero-order chi connectivity index (χ0) is 34.4. The Morgan fingerprint density at radius 2 is 1.73 bits per heavy atom. The molecule has 0 unspecified atom stereocenters. The molecule has 0 radical (unpaired) electrons. The Balaban J connectivity index is 0.987. The number of H-pyrrole nitrogens is 1. The lowest BCUT2D eigenvalue weighted by molar-refractivity contribution is -0.128. The van der Waals surface area contributed by atoms with Gasteiger partial charge in [0.1, 0.15) is 5.60 Å². The second kappa shape index (κ2) is 13.3. The number of halogens is 1. The van der Waals surface area contributed by atoms with Crippen molar-refractivity contribution in [3.63, 3.8) is 0 Å². The summed E-state index contributed by atoms with van der Waals surface area (Å²) < 4.78 is 25.3. The van der Waals surface area contributed by atoms with Gasteiger partial charge in [0.25, 0.3) is 5.91 Å². The first-order valence-electron chi connectivity index (χ1n) is 17.4. The van der Waals surface area contributed by atoms with Crippen molar-refractivity contribution < 1.29 is 28.2 Å². The fourth-order valence-electron chi connectivity index (χ4n) is 8.04. The van der Waals surface area contributed by atoms with E-state index in [0.717, 1.165) is 57.8 Å². The molecule has 4 heterocycles. The van der Waals surface area contributed by atoms with E-state index in [0.29, 0.717) is 31.1 Å². The number of likely N-dealkylation sites (tertiary alicyclic amines) is 1. The molecule has 3 amide bonds. The lowest BCUT2D eigenvalue weighted by Gasteiger charge is -2.48. The monoisotopic (exact) mass is 667 g/mol. The van der Waals surface area contributed by atoms with Gasteiger partial charge in [0.2, 0.25) is 11.8 Å². The van der Waals surface area contributed by atoms with Crippen LogP contribution in [0, 0.1) is 11.7 Å². The number of carbonyl (C=O) groups is 3. The maximum atomic E-state index is 14.5. The fraction of sp³-hybridized carbons (Fsp3) is 0.686. The number of hydrogen-bond acceptors (Lipinski definition) is 8. The summed E-state index contributed by atoms with van der Waals surface area (Å²) in [5, 5.41) is 10.4. The maximum Gasteiger partial charge on any atom is 0.410 e. The van der Waals surface area contributed by atoms with Crippen LogP contribution in [0.4, 0.5) is 9.18 Å². The van der Waals surface area contributed by atoms with Crippen molar-refractivity contribution in [1.29, 1.82) is 0 Å². The maximum absolute atomic E-state index is 14.5. The van der Waals surface area contributed by atoms with E-state index in [4.69, 9.17) is 9.47 Å². The van der Waals surface area contributed by atoms with Gasteiger partial charge in [-0.1, -0.05) is 0 Å². The lowest BCUT2D eigenvalue weighted by atomic mass is 9.86. The van der Waals surface area contributed by atoms with E-state index in [1.165, 1.54) is 13.2 Å². The number of aromatic amines is 1. The lowest BCUT2D eigenvalue weighted by Crippen LogP contribution is -2.61. The summed E-state index contributed by atoms with van der Waals surface area (Å²) in [5.74, 6) is -0.526. The normalized spacial score (nSPS) is 27.4. The molecule has 1 spiro atoms. The van der Waals surface area contributed by atoms with E-state index in [1.54, 1.807) is 6.07 Å². The molecule has 262 valence electrons. The molecule has 48 heavy (non-hydrogen) atoms. The van der Waals surface area contributed by atoms with Crippen LogP contribution in [0.25, 0.3) is 11.3 Å². The summed E-state index contributed by atoms with van der Waals surface area (Å²) in [7, 11) is 1.46. The number of rotatable bonds is 6. The van der Waals surface area contributed by atoms with Crippen molar-refractivity contribution in [3.8, 4) is 17.1 Å². The highest BCUT2D eigenvalue weighted by Crippen LogP contribution is 2.50. The first-order chi connectivity index (χ1) is 22.8. The van der Waals surface area contributed by atoms with Gasteiger partial charge >= 0.3 is 6.09 Å². The Morgan fingerprint density at radius 1 is 1.04 bits per heavy atom. The van der Waals surface area contributed by atoms with Gasteiger partial charge in [0.05, 0.1) is 19.0 Å². The zero-order valence-corrected chi connectivity index (χ0v) is 29.1. The minimum atomic E-state index is -0.542. The van der Waals surface area contributed by atoms with E-state index in [9.17, 15) is 18.8 Å². The SMILES string of the molecule is COc1cc(-c2cc(C(=O)N3CC[C@H](C(=O)NC4CCC(N5C[C@@H](C)N(C(=O)OC(C)(C)C)[C@@H](C)C5)CC4)CC34CC4)n[nH]2)c(F)cn1. The largest absolute Gasteiger partial charge is 0.481 e. The number of methoxy groups -OCH3 is 1. The Kier molecular flexibility index (Phi) is 9.45. The van der Waals surface area contributed by atoms with Crippen LogP contribution in [-0.4, -0.2) is 110 Å².